The van der Waals surface area contributed by atoms with Crippen molar-refractivity contribution in [1.29, 1.82) is 0 Å². The summed E-state index contributed by atoms with van der Waals surface area (Å²) >= 11 is 0. The Morgan fingerprint density at radius 2 is 0.612 bits per heavy atom. The SMILES string of the molecule is CC/C=C\C/C=C\C/C=C\C/C=C\C/C=C\C/C=C\C/C=C\C/C=C\C/C=C\C/C=C\CCCCCCCCCCC(=O)OC(COC(=O)CCCCC/C=C\C/C=C\C/C=C\C/C=C\C/C=C\C/C=C\C/C=C\CC)COP(=O)(O)OCCN. The number of hydrogen-bond donors (Lipinski definition) is 2. The van der Waals surface area contributed by atoms with E-state index in [1.165, 1.54) is 25.7 Å². The van der Waals surface area contributed by atoms with Gasteiger partial charge in [-0.1, -0.05) is 265 Å². The predicted molar refractivity (Wildman–Crippen MR) is 366 cm³/mol. The molecular formula is C75H116NO8P. The average Bonchev–Trinajstić information content (AvgIpc) is 3.53. The van der Waals surface area contributed by atoms with Gasteiger partial charge in [0.15, 0.2) is 6.10 Å². The first-order chi connectivity index (χ1) is 41.8. The zero-order valence-electron chi connectivity index (χ0n) is 53.0. The molecule has 0 spiro atoms. The Morgan fingerprint density at radius 3 is 0.918 bits per heavy atom. The van der Waals surface area contributed by atoms with E-state index >= 15 is 0 Å². The second-order valence-electron chi connectivity index (χ2n) is 20.5. The smallest absolute Gasteiger partial charge is 0.462 e. The van der Waals surface area contributed by atoms with E-state index in [0.29, 0.717) is 12.8 Å². The number of phosphoric acid groups is 1. The maximum Gasteiger partial charge on any atom is 0.472 e. The molecular weight excluding hydrogens is 1070 g/mol. The molecule has 2 atom stereocenters. The third-order valence-corrected chi connectivity index (χ3v) is 13.6. The van der Waals surface area contributed by atoms with E-state index < -0.39 is 32.5 Å². The zero-order valence-corrected chi connectivity index (χ0v) is 53.9. The number of phosphoric ester groups is 1. The quantitative estimate of drug-likeness (QED) is 0.0264. The van der Waals surface area contributed by atoms with Crippen molar-refractivity contribution in [2.24, 2.45) is 5.73 Å². The molecule has 0 aromatic rings. The fourth-order valence-electron chi connectivity index (χ4n) is 7.94. The summed E-state index contributed by atoms with van der Waals surface area (Å²) in [4.78, 5) is 35.3. The molecule has 0 saturated heterocycles. The van der Waals surface area contributed by atoms with Crippen LogP contribution in [0.2, 0.25) is 0 Å². The summed E-state index contributed by atoms with van der Waals surface area (Å²) in [5.74, 6) is -0.893. The van der Waals surface area contributed by atoms with Crippen molar-refractivity contribution in [2.75, 3.05) is 26.4 Å². The van der Waals surface area contributed by atoms with Crippen LogP contribution in [0.1, 0.15) is 219 Å². The Bertz CT molecular complexity index is 2140. The van der Waals surface area contributed by atoms with Gasteiger partial charge < -0.3 is 20.1 Å². The van der Waals surface area contributed by atoms with Gasteiger partial charge in [0.25, 0.3) is 0 Å². The molecule has 0 saturated carbocycles. The molecule has 0 aliphatic carbocycles. The van der Waals surface area contributed by atoms with E-state index in [2.05, 4.69) is 220 Å². The second kappa shape index (κ2) is 67.7. The van der Waals surface area contributed by atoms with Gasteiger partial charge in [-0.2, -0.15) is 0 Å². The zero-order chi connectivity index (χ0) is 61.6. The monoisotopic (exact) mass is 1190 g/mol. The van der Waals surface area contributed by atoms with Crippen molar-refractivity contribution < 1.29 is 37.6 Å². The van der Waals surface area contributed by atoms with Crippen LogP contribution < -0.4 is 5.73 Å². The molecule has 0 radical (unpaired) electrons. The van der Waals surface area contributed by atoms with Crippen LogP contribution in [0.3, 0.4) is 0 Å². The fraction of sp³-hybridized carbons (Fsp3) is 0.520. The normalized spacial score (nSPS) is 14.4. The van der Waals surface area contributed by atoms with Crippen LogP contribution in [-0.4, -0.2) is 49.3 Å². The largest absolute Gasteiger partial charge is 0.472 e. The Balaban J connectivity index is 4.08. The van der Waals surface area contributed by atoms with Crippen LogP contribution in [0.15, 0.2) is 207 Å². The highest BCUT2D eigenvalue weighted by molar-refractivity contribution is 7.47. The molecule has 3 N–H and O–H groups in total. The number of carbonyl (C=O) groups is 2. The van der Waals surface area contributed by atoms with Crippen LogP contribution in [0.25, 0.3) is 0 Å². The summed E-state index contributed by atoms with van der Waals surface area (Å²) in [5, 5.41) is 0. The number of hydrogen-bond acceptors (Lipinski definition) is 8. The summed E-state index contributed by atoms with van der Waals surface area (Å²) in [5.41, 5.74) is 5.39. The van der Waals surface area contributed by atoms with Crippen LogP contribution in [0.5, 0.6) is 0 Å². The van der Waals surface area contributed by atoms with Gasteiger partial charge in [0, 0.05) is 19.4 Å². The number of carbonyl (C=O) groups excluding carboxylic acids is 2. The maximum atomic E-state index is 12.7. The lowest BCUT2D eigenvalue weighted by molar-refractivity contribution is -0.161. The number of unbranched alkanes of at least 4 members (excludes halogenated alkanes) is 11. The lowest BCUT2D eigenvalue weighted by Crippen LogP contribution is -2.29. The molecule has 0 fully saturated rings. The number of esters is 2. The number of ether oxygens (including phenoxy) is 2. The molecule has 0 aliphatic rings. The Labute approximate surface area is 518 Å². The molecule has 9 nitrogen and oxygen atoms in total. The minimum absolute atomic E-state index is 0.0353. The number of nitrogens with two attached hydrogens (primary N) is 1. The highest BCUT2D eigenvalue weighted by Crippen LogP contribution is 2.43. The summed E-state index contributed by atoms with van der Waals surface area (Å²) < 4.78 is 33.1. The van der Waals surface area contributed by atoms with Crippen LogP contribution in [0.4, 0.5) is 0 Å². The summed E-state index contributed by atoms with van der Waals surface area (Å²) in [6.07, 6.45) is 105. The maximum absolute atomic E-state index is 12.7. The molecule has 0 aromatic heterocycles. The van der Waals surface area contributed by atoms with E-state index in [0.717, 1.165) is 154 Å². The first-order valence-electron chi connectivity index (χ1n) is 32.6. The van der Waals surface area contributed by atoms with Crippen LogP contribution >= 0.6 is 7.82 Å². The van der Waals surface area contributed by atoms with E-state index in [-0.39, 0.29) is 32.6 Å². The molecule has 10 heteroatoms. The second-order valence-corrected chi connectivity index (χ2v) is 22.0. The first kappa shape index (κ1) is 79.6. The first-order valence-corrected chi connectivity index (χ1v) is 34.1. The van der Waals surface area contributed by atoms with Gasteiger partial charge in [0.2, 0.25) is 0 Å². The van der Waals surface area contributed by atoms with Gasteiger partial charge in [-0.3, -0.25) is 18.6 Å². The van der Waals surface area contributed by atoms with Crippen molar-refractivity contribution >= 4 is 19.8 Å². The topological polar surface area (TPSA) is 134 Å². The molecule has 85 heavy (non-hydrogen) atoms. The average molecular weight is 1190 g/mol. The predicted octanol–water partition coefficient (Wildman–Crippen LogP) is 21.5. The summed E-state index contributed by atoms with van der Waals surface area (Å²) in [7, 11) is -4.42. The third kappa shape index (κ3) is 67.6. The van der Waals surface area contributed by atoms with E-state index in [1.807, 2.05) is 0 Å². The Morgan fingerprint density at radius 1 is 0.353 bits per heavy atom. The van der Waals surface area contributed by atoms with Crippen LogP contribution in [0, 0.1) is 0 Å². The fourth-order valence-corrected chi connectivity index (χ4v) is 8.70. The minimum Gasteiger partial charge on any atom is -0.462 e. The lowest BCUT2D eigenvalue weighted by Gasteiger charge is -2.19. The van der Waals surface area contributed by atoms with E-state index in [4.69, 9.17) is 24.3 Å². The van der Waals surface area contributed by atoms with E-state index in [9.17, 15) is 19.0 Å². The molecule has 0 heterocycles. The highest BCUT2D eigenvalue weighted by Gasteiger charge is 2.26. The third-order valence-electron chi connectivity index (χ3n) is 12.7. The molecule has 2 unspecified atom stereocenters. The van der Waals surface area contributed by atoms with Gasteiger partial charge in [0.1, 0.15) is 6.61 Å². The number of allylic oxidation sites excluding steroid dienone is 34. The van der Waals surface area contributed by atoms with Gasteiger partial charge >= 0.3 is 19.8 Å². The molecule has 0 amide bonds. The van der Waals surface area contributed by atoms with Gasteiger partial charge in [-0.15, -0.1) is 0 Å². The summed E-state index contributed by atoms with van der Waals surface area (Å²) in [6.45, 7) is 3.43. The molecule has 0 aliphatic heterocycles. The standard InChI is InChI=1S/C75H116NO8P/c1-3-5-7-9-11-13-15-17-19-21-23-25-27-29-30-31-32-33-34-35-36-37-38-39-40-41-42-44-46-48-50-52-54-56-58-60-62-64-66-68-75(78)84-73(72-83-85(79,80)82-70-69-76)71-81-74(77)67-65-63-61-59-57-55-53-51-49-47-45-43-28-26-24-22-20-18-16-14-12-10-8-6-4-2/h5-8,11-14,17-20,23-26,29-30,32-33,35-36,38-39,41-43,45-46,48-49,51,55,57,73H,3-4,9-10,15-16,21-22,27-28,31,34,37,40,44,47,50,52-54,56,58-72,76H2,1-2H3,(H,79,80)/b7-5-,8-6-,13-11-,14-12-,19-17-,20-18-,25-23-,26-24-,30-29-,33-32-,36-35-,39-38-,42-41-,45-43-,48-46-,51-49-,57-55-. The molecule has 0 bridgehead atoms. The van der Waals surface area contributed by atoms with Crippen molar-refractivity contribution in [3.8, 4) is 0 Å². The van der Waals surface area contributed by atoms with Crippen LogP contribution in [-0.2, 0) is 32.7 Å². The van der Waals surface area contributed by atoms with E-state index in [1.54, 1.807) is 0 Å². The van der Waals surface area contributed by atoms with Gasteiger partial charge in [-0.05, 0) is 148 Å². The highest BCUT2D eigenvalue weighted by atomic mass is 31.2. The lowest BCUT2D eigenvalue weighted by atomic mass is 10.1. The van der Waals surface area contributed by atoms with Gasteiger partial charge in [0.05, 0.1) is 13.2 Å². The Kier molecular flexibility index (Phi) is 63.4. The van der Waals surface area contributed by atoms with Crippen molar-refractivity contribution in [1.82, 2.24) is 0 Å². The molecule has 474 valence electrons. The molecule has 0 aromatic carbocycles. The van der Waals surface area contributed by atoms with Crippen molar-refractivity contribution in [2.45, 2.75) is 225 Å². The van der Waals surface area contributed by atoms with Gasteiger partial charge in [-0.25, -0.2) is 4.57 Å². The Hall–Kier alpha value is -5.41. The number of rotatable bonds is 58. The minimum atomic E-state index is -4.42. The van der Waals surface area contributed by atoms with Crippen molar-refractivity contribution in [3.05, 3.63) is 207 Å². The van der Waals surface area contributed by atoms with Crippen molar-refractivity contribution in [3.63, 3.8) is 0 Å². The summed E-state index contributed by atoms with van der Waals surface area (Å²) in [6, 6.07) is 0. The molecule has 0 rings (SSSR count).